The Morgan fingerprint density at radius 2 is 1.95 bits per heavy atom. The lowest BCUT2D eigenvalue weighted by Crippen LogP contribution is -2.41. The number of carbonyl (C=O) groups excluding carboxylic acids is 2. The van der Waals surface area contributed by atoms with E-state index in [1.165, 1.54) is 18.2 Å². The molecule has 1 atom stereocenters. The van der Waals surface area contributed by atoms with E-state index in [-0.39, 0.29) is 18.4 Å². The molecule has 0 unspecified atom stereocenters. The third-order valence-corrected chi connectivity index (χ3v) is 2.63. The van der Waals surface area contributed by atoms with Crippen LogP contribution in [-0.2, 0) is 9.59 Å². The van der Waals surface area contributed by atoms with Gasteiger partial charge in [-0.1, -0.05) is 12.1 Å². The number of nitro benzene ring substituents is 1. The number of amides is 2. The first kappa shape index (κ1) is 16.1. The summed E-state index contributed by atoms with van der Waals surface area (Å²) in [6.45, 7) is 0. The maximum atomic E-state index is 11.9. The highest BCUT2D eigenvalue weighted by atomic mass is 16.6. The molecular weight excluding hydrogens is 282 g/mol. The number of carboxylic acids is 1. The van der Waals surface area contributed by atoms with Crippen molar-refractivity contribution in [3.63, 3.8) is 0 Å². The number of carboxylic acid groups (broad SMARTS) is 1. The average Bonchev–Trinajstić information content (AvgIpc) is 2.42. The molecule has 1 aromatic rings. The molecular formula is C12H13N3O6. The third kappa shape index (κ3) is 4.56. The Balaban J connectivity index is 2.90. The second-order valence-electron chi connectivity index (χ2n) is 4.14. The number of benzene rings is 1. The summed E-state index contributed by atoms with van der Waals surface area (Å²) in [4.78, 5) is 43.7. The van der Waals surface area contributed by atoms with Crippen LogP contribution in [0, 0.1) is 10.1 Å². The van der Waals surface area contributed by atoms with E-state index in [4.69, 9.17) is 10.8 Å². The summed E-state index contributed by atoms with van der Waals surface area (Å²) >= 11 is 0. The Morgan fingerprint density at radius 1 is 1.33 bits per heavy atom. The molecule has 0 aromatic heterocycles. The van der Waals surface area contributed by atoms with Gasteiger partial charge in [-0.2, -0.15) is 0 Å². The first-order valence-electron chi connectivity index (χ1n) is 5.88. The normalized spacial score (nSPS) is 11.4. The number of nitrogens with two attached hydrogens (primary N) is 1. The number of aliphatic carboxylic acids is 1. The molecule has 0 radical (unpaired) electrons. The Labute approximate surface area is 118 Å². The molecule has 0 aliphatic heterocycles. The molecule has 0 saturated heterocycles. The van der Waals surface area contributed by atoms with Crippen molar-refractivity contribution in [1.29, 1.82) is 0 Å². The van der Waals surface area contributed by atoms with Gasteiger partial charge in [0.1, 0.15) is 11.6 Å². The molecule has 9 heteroatoms. The van der Waals surface area contributed by atoms with E-state index in [0.717, 1.165) is 6.07 Å². The highest BCUT2D eigenvalue weighted by molar-refractivity contribution is 6.00. The zero-order valence-corrected chi connectivity index (χ0v) is 10.8. The van der Waals surface area contributed by atoms with Gasteiger partial charge in [0.25, 0.3) is 11.6 Å². The van der Waals surface area contributed by atoms with Crippen molar-refractivity contribution in [3.8, 4) is 0 Å². The number of hydrogen-bond donors (Lipinski definition) is 3. The van der Waals surface area contributed by atoms with Crippen LogP contribution in [0.4, 0.5) is 5.69 Å². The monoisotopic (exact) mass is 295 g/mol. The van der Waals surface area contributed by atoms with E-state index in [2.05, 4.69) is 5.32 Å². The van der Waals surface area contributed by atoms with Crippen LogP contribution in [0.2, 0.25) is 0 Å². The van der Waals surface area contributed by atoms with E-state index in [1.54, 1.807) is 0 Å². The lowest BCUT2D eigenvalue weighted by molar-refractivity contribution is -0.385. The number of primary amides is 1. The summed E-state index contributed by atoms with van der Waals surface area (Å²) in [5, 5.41) is 21.9. The Hall–Kier alpha value is -2.97. The molecule has 0 aliphatic carbocycles. The maximum absolute atomic E-state index is 11.9. The molecule has 0 spiro atoms. The highest BCUT2D eigenvalue weighted by Crippen LogP contribution is 2.17. The van der Waals surface area contributed by atoms with E-state index < -0.39 is 34.4 Å². The van der Waals surface area contributed by atoms with Crippen molar-refractivity contribution >= 4 is 23.5 Å². The molecule has 0 fully saturated rings. The van der Waals surface area contributed by atoms with Crippen LogP contribution in [0.3, 0.4) is 0 Å². The zero-order chi connectivity index (χ0) is 16.0. The van der Waals surface area contributed by atoms with Crippen LogP contribution in [-0.4, -0.2) is 33.9 Å². The molecule has 2 amide bonds. The van der Waals surface area contributed by atoms with Crippen LogP contribution in [0.25, 0.3) is 0 Å². The van der Waals surface area contributed by atoms with Crippen LogP contribution < -0.4 is 11.1 Å². The van der Waals surface area contributed by atoms with Gasteiger partial charge in [0.2, 0.25) is 5.91 Å². The lowest BCUT2D eigenvalue weighted by Gasteiger charge is -2.13. The summed E-state index contributed by atoms with van der Waals surface area (Å²) in [6, 6.07) is 3.79. The second kappa shape index (κ2) is 6.98. The highest BCUT2D eigenvalue weighted by Gasteiger charge is 2.25. The summed E-state index contributed by atoms with van der Waals surface area (Å²) in [7, 11) is 0. The SMILES string of the molecule is NC(=O)CC[C@@H](NC(=O)c1ccccc1[N+](=O)[O-])C(=O)O. The number of nitrogens with one attached hydrogen (secondary N) is 1. The Kier molecular flexibility index (Phi) is 5.35. The van der Waals surface area contributed by atoms with Gasteiger partial charge in [-0.05, 0) is 12.5 Å². The van der Waals surface area contributed by atoms with E-state index in [0.29, 0.717) is 0 Å². The summed E-state index contributed by atoms with van der Waals surface area (Å²) in [5.74, 6) is -2.97. The fourth-order valence-electron chi connectivity index (χ4n) is 1.60. The van der Waals surface area contributed by atoms with Crippen molar-refractivity contribution in [2.24, 2.45) is 5.73 Å². The Morgan fingerprint density at radius 3 is 2.48 bits per heavy atom. The number of rotatable bonds is 7. The standard InChI is InChI=1S/C12H13N3O6/c13-10(16)6-5-8(12(18)19)14-11(17)7-3-1-2-4-9(7)15(20)21/h1-4,8H,5-6H2,(H2,13,16)(H,14,17)(H,18,19)/t8-/m1/s1. The van der Waals surface area contributed by atoms with Gasteiger partial charge in [0, 0.05) is 12.5 Å². The lowest BCUT2D eigenvalue weighted by atomic mass is 10.1. The first-order chi connectivity index (χ1) is 9.82. The van der Waals surface area contributed by atoms with Crippen LogP contribution in [0.15, 0.2) is 24.3 Å². The molecule has 1 rings (SSSR count). The summed E-state index contributed by atoms with van der Waals surface area (Å²) in [5.41, 5.74) is 4.22. The minimum Gasteiger partial charge on any atom is -0.480 e. The fraction of sp³-hybridized carbons (Fsp3) is 0.250. The van der Waals surface area contributed by atoms with Gasteiger partial charge in [0.15, 0.2) is 0 Å². The van der Waals surface area contributed by atoms with E-state index in [9.17, 15) is 24.5 Å². The fourth-order valence-corrected chi connectivity index (χ4v) is 1.60. The second-order valence-corrected chi connectivity index (χ2v) is 4.14. The van der Waals surface area contributed by atoms with Crippen LogP contribution >= 0.6 is 0 Å². The molecule has 4 N–H and O–H groups in total. The molecule has 0 bridgehead atoms. The Bertz CT molecular complexity index is 586. The van der Waals surface area contributed by atoms with Gasteiger partial charge in [-0.3, -0.25) is 19.7 Å². The van der Waals surface area contributed by atoms with E-state index >= 15 is 0 Å². The van der Waals surface area contributed by atoms with Gasteiger partial charge >= 0.3 is 5.97 Å². The molecule has 1 aromatic carbocycles. The molecule has 9 nitrogen and oxygen atoms in total. The third-order valence-electron chi connectivity index (χ3n) is 2.63. The quantitative estimate of drug-likeness (QED) is 0.477. The largest absolute Gasteiger partial charge is 0.480 e. The number of carbonyl (C=O) groups is 3. The van der Waals surface area contributed by atoms with Crippen molar-refractivity contribution in [1.82, 2.24) is 5.32 Å². The molecule has 0 saturated carbocycles. The summed E-state index contributed by atoms with van der Waals surface area (Å²) in [6.07, 6.45) is -0.425. The van der Waals surface area contributed by atoms with Crippen LogP contribution in [0.5, 0.6) is 0 Å². The molecule has 21 heavy (non-hydrogen) atoms. The number of nitro groups is 1. The van der Waals surface area contributed by atoms with Gasteiger partial charge in [-0.25, -0.2) is 4.79 Å². The minimum absolute atomic E-state index is 0.197. The van der Waals surface area contributed by atoms with Crippen molar-refractivity contribution in [2.75, 3.05) is 0 Å². The minimum atomic E-state index is -1.36. The number of para-hydroxylation sites is 1. The predicted octanol–water partition coefficient (Wildman–Crippen LogP) is 0.0433. The first-order valence-corrected chi connectivity index (χ1v) is 5.88. The smallest absolute Gasteiger partial charge is 0.326 e. The number of nitrogens with zero attached hydrogens (tertiary/aromatic N) is 1. The average molecular weight is 295 g/mol. The van der Waals surface area contributed by atoms with Crippen molar-refractivity contribution in [2.45, 2.75) is 18.9 Å². The number of hydrogen-bond acceptors (Lipinski definition) is 5. The maximum Gasteiger partial charge on any atom is 0.326 e. The van der Waals surface area contributed by atoms with Crippen molar-refractivity contribution in [3.05, 3.63) is 39.9 Å². The van der Waals surface area contributed by atoms with Gasteiger partial charge < -0.3 is 16.2 Å². The molecule has 0 heterocycles. The topological polar surface area (TPSA) is 153 Å². The van der Waals surface area contributed by atoms with Crippen molar-refractivity contribution < 1.29 is 24.4 Å². The van der Waals surface area contributed by atoms with Gasteiger partial charge in [-0.15, -0.1) is 0 Å². The zero-order valence-electron chi connectivity index (χ0n) is 10.8. The summed E-state index contributed by atoms with van der Waals surface area (Å²) < 4.78 is 0. The predicted molar refractivity (Wildman–Crippen MR) is 70.4 cm³/mol. The molecule has 0 aliphatic rings. The molecule has 112 valence electrons. The van der Waals surface area contributed by atoms with Gasteiger partial charge in [0.05, 0.1) is 4.92 Å². The van der Waals surface area contributed by atoms with Crippen LogP contribution in [0.1, 0.15) is 23.2 Å². The van der Waals surface area contributed by atoms with E-state index in [1.807, 2.05) is 0 Å².